The summed E-state index contributed by atoms with van der Waals surface area (Å²) >= 11 is 0. The normalized spacial score (nSPS) is 15.5. The summed E-state index contributed by atoms with van der Waals surface area (Å²) in [5.74, 6) is 1.24. The van der Waals surface area contributed by atoms with Gasteiger partial charge in [-0.2, -0.15) is 0 Å². The van der Waals surface area contributed by atoms with Crippen LogP contribution in [0.25, 0.3) is 0 Å². The quantitative estimate of drug-likeness (QED) is 0.746. The molecule has 2 rings (SSSR count). The zero-order valence-electron chi connectivity index (χ0n) is 12.4. The van der Waals surface area contributed by atoms with Gasteiger partial charge in [-0.15, -0.1) is 0 Å². The summed E-state index contributed by atoms with van der Waals surface area (Å²) in [6, 6.07) is 7.22. The van der Waals surface area contributed by atoms with E-state index in [1.54, 1.807) is 19.2 Å². The Morgan fingerprint density at radius 1 is 1.33 bits per heavy atom. The maximum absolute atomic E-state index is 11.7. The molecule has 1 fully saturated rings. The predicted octanol–water partition coefficient (Wildman–Crippen LogP) is 0.0954. The summed E-state index contributed by atoms with van der Waals surface area (Å²) in [5, 5.41) is 6.17. The van der Waals surface area contributed by atoms with E-state index in [9.17, 15) is 4.79 Å². The molecule has 6 nitrogen and oxygen atoms in total. The largest absolute Gasteiger partial charge is 0.497 e. The van der Waals surface area contributed by atoms with Crippen molar-refractivity contribution in [1.29, 1.82) is 0 Å². The lowest BCUT2D eigenvalue weighted by atomic mass is 10.3. The first-order chi connectivity index (χ1) is 10.3. The smallest absolute Gasteiger partial charge is 0.257 e. The number of nitrogens with zero attached hydrogens (tertiary/aromatic N) is 1. The van der Waals surface area contributed by atoms with Crippen molar-refractivity contribution in [3.63, 3.8) is 0 Å². The van der Waals surface area contributed by atoms with Crippen LogP contribution in [-0.2, 0) is 4.79 Å². The molecule has 1 amide bonds. The lowest BCUT2D eigenvalue weighted by Gasteiger charge is -2.27. The van der Waals surface area contributed by atoms with Crippen LogP contribution in [0, 0.1) is 0 Å². The van der Waals surface area contributed by atoms with Gasteiger partial charge in [0, 0.05) is 45.3 Å². The number of carbonyl (C=O) groups excluding carboxylic acids is 1. The third kappa shape index (κ3) is 5.61. The van der Waals surface area contributed by atoms with E-state index >= 15 is 0 Å². The summed E-state index contributed by atoms with van der Waals surface area (Å²) in [4.78, 5) is 14.0. The number of hydrogen-bond acceptors (Lipinski definition) is 5. The van der Waals surface area contributed by atoms with Crippen molar-refractivity contribution in [2.24, 2.45) is 0 Å². The van der Waals surface area contributed by atoms with E-state index < -0.39 is 0 Å². The predicted molar refractivity (Wildman–Crippen MR) is 80.8 cm³/mol. The average molecular weight is 293 g/mol. The molecule has 116 valence electrons. The Labute approximate surface area is 125 Å². The van der Waals surface area contributed by atoms with Crippen LogP contribution >= 0.6 is 0 Å². The van der Waals surface area contributed by atoms with E-state index in [-0.39, 0.29) is 12.5 Å². The minimum Gasteiger partial charge on any atom is -0.497 e. The molecule has 0 unspecified atom stereocenters. The summed E-state index contributed by atoms with van der Waals surface area (Å²) in [6.07, 6.45) is 0. The van der Waals surface area contributed by atoms with Crippen LogP contribution in [0.4, 0.5) is 0 Å². The van der Waals surface area contributed by atoms with Crippen molar-refractivity contribution in [2.75, 3.05) is 53.0 Å². The molecule has 21 heavy (non-hydrogen) atoms. The van der Waals surface area contributed by atoms with Gasteiger partial charge >= 0.3 is 0 Å². The van der Waals surface area contributed by atoms with E-state index in [1.807, 2.05) is 12.1 Å². The van der Waals surface area contributed by atoms with Crippen LogP contribution in [0.2, 0.25) is 0 Å². The SMILES string of the molecule is COc1cccc(OCC(=O)NCCN2CCNCC2)c1. The molecule has 2 N–H and O–H groups in total. The van der Waals surface area contributed by atoms with Gasteiger partial charge < -0.3 is 20.1 Å². The topological polar surface area (TPSA) is 62.8 Å². The lowest BCUT2D eigenvalue weighted by molar-refractivity contribution is -0.123. The van der Waals surface area contributed by atoms with Crippen molar-refractivity contribution in [2.45, 2.75) is 0 Å². The van der Waals surface area contributed by atoms with Gasteiger partial charge in [-0.25, -0.2) is 0 Å². The number of nitrogens with one attached hydrogen (secondary N) is 2. The van der Waals surface area contributed by atoms with Gasteiger partial charge in [0.15, 0.2) is 6.61 Å². The van der Waals surface area contributed by atoms with Crippen LogP contribution in [0.15, 0.2) is 24.3 Å². The molecule has 1 heterocycles. The second-order valence-electron chi connectivity index (χ2n) is 4.91. The van der Waals surface area contributed by atoms with E-state index in [0.29, 0.717) is 18.0 Å². The standard InChI is InChI=1S/C15H23N3O3/c1-20-13-3-2-4-14(11-13)21-12-15(19)17-7-10-18-8-5-16-6-9-18/h2-4,11,16H,5-10,12H2,1H3,(H,17,19). The Hall–Kier alpha value is -1.79. The summed E-state index contributed by atoms with van der Waals surface area (Å²) in [5.41, 5.74) is 0. The second-order valence-corrected chi connectivity index (χ2v) is 4.91. The molecule has 1 saturated heterocycles. The molecule has 0 atom stereocenters. The van der Waals surface area contributed by atoms with Gasteiger partial charge in [0.25, 0.3) is 5.91 Å². The minimum atomic E-state index is -0.104. The fraction of sp³-hybridized carbons (Fsp3) is 0.533. The maximum Gasteiger partial charge on any atom is 0.257 e. The van der Waals surface area contributed by atoms with Crippen LogP contribution < -0.4 is 20.1 Å². The number of methoxy groups -OCH3 is 1. The molecule has 0 bridgehead atoms. The summed E-state index contributed by atoms with van der Waals surface area (Å²) < 4.78 is 10.5. The first-order valence-corrected chi connectivity index (χ1v) is 7.24. The van der Waals surface area contributed by atoms with E-state index in [4.69, 9.17) is 9.47 Å². The highest BCUT2D eigenvalue weighted by Gasteiger charge is 2.09. The number of rotatable bonds is 7. The summed E-state index contributed by atoms with van der Waals surface area (Å²) in [6.45, 7) is 5.67. The Kier molecular flexibility index (Phi) is 6.30. The van der Waals surface area contributed by atoms with Crippen LogP contribution in [0.3, 0.4) is 0 Å². The highest BCUT2D eigenvalue weighted by atomic mass is 16.5. The number of ether oxygens (including phenoxy) is 2. The number of piperazine rings is 1. The molecule has 1 aromatic rings. The molecule has 0 spiro atoms. The van der Waals surface area contributed by atoms with Crippen molar-refractivity contribution in [3.05, 3.63) is 24.3 Å². The fourth-order valence-corrected chi connectivity index (χ4v) is 2.18. The van der Waals surface area contributed by atoms with E-state index in [0.717, 1.165) is 32.7 Å². The highest BCUT2D eigenvalue weighted by Crippen LogP contribution is 2.18. The molecule has 1 aliphatic heterocycles. The van der Waals surface area contributed by atoms with E-state index in [1.165, 1.54) is 0 Å². The summed E-state index contributed by atoms with van der Waals surface area (Å²) in [7, 11) is 1.60. The molecule has 0 radical (unpaired) electrons. The average Bonchev–Trinajstić information content (AvgIpc) is 2.54. The first kappa shape index (κ1) is 15.6. The Morgan fingerprint density at radius 3 is 2.86 bits per heavy atom. The Bertz CT molecular complexity index is 448. The molecule has 0 aliphatic carbocycles. The van der Waals surface area contributed by atoms with Gasteiger partial charge in [0.1, 0.15) is 11.5 Å². The van der Waals surface area contributed by atoms with E-state index in [2.05, 4.69) is 15.5 Å². The van der Waals surface area contributed by atoms with Crippen LogP contribution in [0.1, 0.15) is 0 Å². The maximum atomic E-state index is 11.7. The number of carbonyl (C=O) groups is 1. The monoisotopic (exact) mass is 293 g/mol. The number of benzene rings is 1. The molecule has 0 aromatic heterocycles. The van der Waals surface area contributed by atoms with Gasteiger partial charge in [-0.05, 0) is 12.1 Å². The zero-order chi connectivity index (χ0) is 14.9. The lowest BCUT2D eigenvalue weighted by Crippen LogP contribution is -2.46. The third-order valence-electron chi connectivity index (χ3n) is 3.37. The van der Waals surface area contributed by atoms with Crippen LogP contribution in [0.5, 0.6) is 11.5 Å². The molecular formula is C15H23N3O3. The number of hydrogen-bond donors (Lipinski definition) is 2. The van der Waals surface area contributed by atoms with Gasteiger partial charge in [0.2, 0.25) is 0 Å². The molecule has 1 aromatic carbocycles. The van der Waals surface area contributed by atoms with Crippen LogP contribution in [-0.4, -0.2) is 63.8 Å². The Morgan fingerprint density at radius 2 is 2.10 bits per heavy atom. The Balaban J connectivity index is 1.62. The molecular weight excluding hydrogens is 270 g/mol. The first-order valence-electron chi connectivity index (χ1n) is 7.24. The molecule has 0 saturated carbocycles. The van der Waals surface area contributed by atoms with Crippen molar-refractivity contribution >= 4 is 5.91 Å². The second kappa shape index (κ2) is 8.49. The highest BCUT2D eigenvalue weighted by molar-refractivity contribution is 5.77. The fourth-order valence-electron chi connectivity index (χ4n) is 2.18. The van der Waals surface area contributed by atoms with Gasteiger partial charge in [0.05, 0.1) is 7.11 Å². The van der Waals surface area contributed by atoms with Crippen molar-refractivity contribution in [1.82, 2.24) is 15.5 Å². The van der Waals surface area contributed by atoms with Crippen molar-refractivity contribution in [3.8, 4) is 11.5 Å². The zero-order valence-corrected chi connectivity index (χ0v) is 12.4. The van der Waals surface area contributed by atoms with Gasteiger partial charge in [-0.1, -0.05) is 6.07 Å². The third-order valence-corrected chi connectivity index (χ3v) is 3.37. The molecule has 6 heteroatoms. The number of amides is 1. The van der Waals surface area contributed by atoms with Gasteiger partial charge in [-0.3, -0.25) is 9.69 Å². The van der Waals surface area contributed by atoms with Crippen molar-refractivity contribution < 1.29 is 14.3 Å². The minimum absolute atomic E-state index is 0.0225. The molecule has 1 aliphatic rings.